The van der Waals surface area contributed by atoms with Crippen molar-refractivity contribution >= 4 is 17.5 Å². The third-order valence-corrected chi connectivity index (χ3v) is 5.86. The second-order valence-corrected chi connectivity index (χ2v) is 8.09. The summed E-state index contributed by atoms with van der Waals surface area (Å²) in [5, 5.41) is 17.1. The molecular weight excluding hydrogens is 438 g/mol. The average Bonchev–Trinajstić information content (AvgIpc) is 3.45. The van der Waals surface area contributed by atoms with Gasteiger partial charge in [-0.1, -0.05) is 18.2 Å². The fourth-order valence-corrected chi connectivity index (χ4v) is 4.15. The zero-order valence-electron chi connectivity index (χ0n) is 18.5. The number of phenols is 1. The third-order valence-electron chi connectivity index (χ3n) is 5.86. The average molecular weight is 461 g/mol. The molecule has 0 unspecified atom stereocenters. The van der Waals surface area contributed by atoms with Gasteiger partial charge in [0.15, 0.2) is 17.3 Å². The van der Waals surface area contributed by atoms with E-state index in [1.807, 2.05) is 25.1 Å². The number of rotatable bonds is 5. The van der Waals surface area contributed by atoms with Crippen LogP contribution in [-0.2, 0) is 13.0 Å². The topological polar surface area (TPSA) is 122 Å². The van der Waals surface area contributed by atoms with E-state index in [0.29, 0.717) is 47.9 Å². The predicted molar refractivity (Wildman–Crippen MR) is 122 cm³/mol. The van der Waals surface area contributed by atoms with E-state index in [2.05, 4.69) is 15.8 Å². The van der Waals surface area contributed by atoms with Gasteiger partial charge in [-0.2, -0.15) is 5.10 Å². The van der Waals surface area contributed by atoms with Crippen molar-refractivity contribution in [3.63, 3.8) is 0 Å². The Morgan fingerprint density at radius 2 is 1.88 bits per heavy atom. The number of furan rings is 1. The van der Waals surface area contributed by atoms with Crippen molar-refractivity contribution in [1.82, 2.24) is 10.7 Å². The first-order chi connectivity index (χ1) is 16.5. The highest BCUT2D eigenvalue weighted by molar-refractivity contribution is 6.07. The zero-order valence-corrected chi connectivity index (χ0v) is 18.5. The summed E-state index contributed by atoms with van der Waals surface area (Å²) in [4.78, 5) is 25.3. The Bertz CT molecular complexity index is 1310. The second-order valence-electron chi connectivity index (χ2n) is 8.09. The van der Waals surface area contributed by atoms with Crippen molar-refractivity contribution < 1.29 is 28.6 Å². The van der Waals surface area contributed by atoms with Gasteiger partial charge in [0, 0.05) is 24.1 Å². The minimum absolute atomic E-state index is 0.120. The van der Waals surface area contributed by atoms with Gasteiger partial charge in [0.25, 0.3) is 11.8 Å². The molecule has 1 aromatic heterocycles. The highest BCUT2D eigenvalue weighted by Gasteiger charge is 2.28. The number of carbonyl (C=O) groups is 2. The molecule has 0 saturated heterocycles. The van der Waals surface area contributed by atoms with Gasteiger partial charge < -0.3 is 24.3 Å². The van der Waals surface area contributed by atoms with E-state index in [9.17, 15) is 14.7 Å². The van der Waals surface area contributed by atoms with Gasteiger partial charge in [-0.25, -0.2) is 5.43 Å². The molecule has 3 aromatic rings. The predicted octanol–water partition coefficient (Wildman–Crippen LogP) is 3.42. The molecule has 1 aliphatic carbocycles. The van der Waals surface area contributed by atoms with Crippen LogP contribution in [0.4, 0.5) is 0 Å². The van der Waals surface area contributed by atoms with Crippen LogP contribution in [0.25, 0.3) is 0 Å². The number of aromatic hydroxyl groups is 1. The lowest BCUT2D eigenvalue weighted by Gasteiger charge is -2.13. The maximum absolute atomic E-state index is 12.9. The first kappa shape index (κ1) is 21.6. The Kier molecular flexibility index (Phi) is 5.67. The molecule has 5 rings (SSSR count). The van der Waals surface area contributed by atoms with Crippen molar-refractivity contribution in [3.8, 4) is 17.2 Å². The smallest absolute Gasteiger partial charge is 0.287 e. The van der Waals surface area contributed by atoms with Crippen LogP contribution >= 0.6 is 0 Å². The third kappa shape index (κ3) is 4.07. The molecule has 0 saturated carbocycles. The summed E-state index contributed by atoms with van der Waals surface area (Å²) in [5.41, 5.74) is 5.58. The summed E-state index contributed by atoms with van der Waals surface area (Å²) < 4.78 is 16.6. The molecule has 2 aromatic carbocycles. The summed E-state index contributed by atoms with van der Waals surface area (Å²) >= 11 is 0. The zero-order chi connectivity index (χ0) is 23.7. The van der Waals surface area contributed by atoms with E-state index in [-0.39, 0.29) is 29.8 Å². The number of hydrogen-bond acceptors (Lipinski definition) is 7. The monoisotopic (exact) mass is 461 g/mol. The van der Waals surface area contributed by atoms with Gasteiger partial charge in [0.1, 0.15) is 11.5 Å². The molecule has 0 radical (unpaired) electrons. The van der Waals surface area contributed by atoms with Gasteiger partial charge in [-0.15, -0.1) is 0 Å². The van der Waals surface area contributed by atoms with Crippen LogP contribution in [0.5, 0.6) is 17.2 Å². The fourth-order valence-electron chi connectivity index (χ4n) is 4.15. The van der Waals surface area contributed by atoms with Gasteiger partial charge >= 0.3 is 0 Å². The Balaban J connectivity index is 1.31. The highest BCUT2D eigenvalue weighted by atomic mass is 16.7. The fraction of sp³-hybridized carbons (Fsp3) is 0.240. The number of hydrogen-bond donors (Lipinski definition) is 3. The number of ether oxygens (including phenoxy) is 2. The number of benzene rings is 2. The molecule has 9 nitrogen and oxygen atoms in total. The van der Waals surface area contributed by atoms with Crippen molar-refractivity contribution in [3.05, 3.63) is 76.2 Å². The van der Waals surface area contributed by atoms with E-state index in [1.54, 1.807) is 12.1 Å². The van der Waals surface area contributed by atoms with Gasteiger partial charge in [-0.05, 0) is 49.6 Å². The number of fused-ring (bicyclic) bond motifs is 2. The Morgan fingerprint density at radius 1 is 1.06 bits per heavy atom. The first-order valence-corrected chi connectivity index (χ1v) is 11.0. The van der Waals surface area contributed by atoms with Gasteiger partial charge in [0.05, 0.1) is 11.3 Å². The van der Waals surface area contributed by atoms with E-state index < -0.39 is 5.91 Å². The lowest BCUT2D eigenvalue weighted by molar-refractivity contribution is 0.0918. The summed E-state index contributed by atoms with van der Waals surface area (Å²) in [7, 11) is 0. The van der Waals surface area contributed by atoms with Crippen LogP contribution in [0.1, 0.15) is 56.2 Å². The lowest BCUT2D eigenvalue weighted by Crippen LogP contribution is -2.23. The van der Waals surface area contributed by atoms with Crippen LogP contribution in [0.2, 0.25) is 0 Å². The molecule has 3 N–H and O–H groups in total. The van der Waals surface area contributed by atoms with Crippen molar-refractivity contribution in [2.75, 3.05) is 6.79 Å². The van der Waals surface area contributed by atoms with Crippen molar-refractivity contribution in [2.24, 2.45) is 5.10 Å². The summed E-state index contributed by atoms with van der Waals surface area (Å²) in [6.45, 7) is 2.31. The van der Waals surface area contributed by atoms with Crippen LogP contribution < -0.4 is 20.2 Å². The second kappa shape index (κ2) is 8.93. The molecule has 2 aliphatic rings. The maximum atomic E-state index is 12.9. The molecule has 2 amide bonds. The van der Waals surface area contributed by atoms with Crippen LogP contribution in [0.15, 0.2) is 52.0 Å². The molecular formula is C25H23N3O6. The van der Waals surface area contributed by atoms with Crippen LogP contribution in [0.3, 0.4) is 0 Å². The van der Waals surface area contributed by atoms with Gasteiger partial charge in [-0.3, -0.25) is 9.59 Å². The number of nitrogens with zero attached hydrogens (tertiary/aromatic N) is 1. The Hall–Kier alpha value is -4.27. The van der Waals surface area contributed by atoms with Crippen LogP contribution in [0, 0.1) is 6.92 Å². The molecule has 0 bridgehead atoms. The molecule has 0 fully saturated rings. The number of amides is 2. The lowest BCUT2D eigenvalue weighted by atomic mass is 9.93. The van der Waals surface area contributed by atoms with E-state index >= 15 is 0 Å². The van der Waals surface area contributed by atoms with Crippen molar-refractivity contribution in [2.45, 2.75) is 32.7 Å². The summed E-state index contributed by atoms with van der Waals surface area (Å²) in [6.07, 6.45) is 2.09. The normalized spacial score (nSPS) is 15.1. The molecule has 0 atom stereocenters. The molecule has 174 valence electrons. The number of nitrogens with one attached hydrogen (secondary N) is 2. The van der Waals surface area contributed by atoms with Crippen LogP contribution in [-0.4, -0.2) is 29.4 Å². The largest absolute Gasteiger partial charge is 0.507 e. The van der Waals surface area contributed by atoms with E-state index in [4.69, 9.17) is 13.9 Å². The number of phenolic OH excluding ortho intramolecular Hbond substituents is 1. The number of carbonyl (C=O) groups excluding carboxylic acids is 2. The SMILES string of the molecule is Cc1c(C(=O)NCc2ccc3c(c2)OCO3)oc2c1/C(=N/NC(=O)c1ccccc1O)CCC2. The minimum atomic E-state index is -0.513. The molecule has 34 heavy (non-hydrogen) atoms. The molecule has 0 spiro atoms. The standard InChI is InChI=1S/C25H23N3O6/c1-14-22-17(27-28-24(30)16-5-2-3-7-18(16)29)6-4-8-20(22)34-23(14)25(31)26-12-15-9-10-19-21(11-15)33-13-32-19/h2-3,5,7,9-11,29H,4,6,8,12-13H2,1H3,(H,26,31)(H,28,30)/b27-17+. The molecule has 2 heterocycles. The number of aryl methyl sites for hydroxylation is 1. The number of para-hydroxylation sites is 1. The minimum Gasteiger partial charge on any atom is -0.507 e. The Morgan fingerprint density at radius 3 is 2.74 bits per heavy atom. The summed E-state index contributed by atoms with van der Waals surface area (Å²) in [5.74, 6) is 1.28. The highest BCUT2D eigenvalue weighted by Crippen LogP contribution is 2.33. The number of hydrazone groups is 1. The molecule has 1 aliphatic heterocycles. The van der Waals surface area contributed by atoms with E-state index in [0.717, 1.165) is 17.5 Å². The van der Waals surface area contributed by atoms with E-state index in [1.165, 1.54) is 12.1 Å². The molecule has 9 heteroatoms. The first-order valence-electron chi connectivity index (χ1n) is 11.0. The quantitative estimate of drug-likeness (QED) is 0.501. The van der Waals surface area contributed by atoms with Crippen molar-refractivity contribution in [1.29, 1.82) is 0 Å². The maximum Gasteiger partial charge on any atom is 0.287 e. The van der Waals surface area contributed by atoms with Gasteiger partial charge in [0.2, 0.25) is 6.79 Å². The Labute approximate surface area is 195 Å². The summed E-state index contributed by atoms with van der Waals surface area (Å²) in [6, 6.07) is 11.8.